The minimum atomic E-state index is -0.963. The van der Waals surface area contributed by atoms with E-state index in [1.54, 1.807) is 0 Å². The fourth-order valence-electron chi connectivity index (χ4n) is 3.45. The molecule has 0 aliphatic heterocycles. The second-order valence-corrected chi connectivity index (χ2v) is 7.03. The van der Waals surface area contributed by atoms with Crippen molar-refractivity contribution in [3.63, 3.8) is 0 Å². The second kappa shape index (κ2) is 7.29. The number of aliphatic carboxylic acids is 1. The lowest BCUT2D eigenvalue weighted by molar-refractivity contribution is -0.138. The first-order chi connectivity index (χ1) is 13.5. The van der Waals surface area contributed by atoms with Crippen LogP contribution in [0.15, 0.2) is 84.9 Å². The Morgan fingerprint density at radius 2 is 1.14 bits per heavy atom. The van der Waals surface area contributed by atoms with Gasteiger partial charge in [0.1, 0.15) is 6.04 Å². The van der Waals surface area contributed by atoms with Crippen molar-refractivity contribution in [3.05, 3.63) is 84.9 Å². The number of benzene rings is 5. The van der Waals surface area contributed by atoms with Gasteiger partial charge in [0.05, 0.1) is 0 Å². The average molecular weight is 367 g/mol. The summed E-state index contributed by atoms with van der Waals surface area (Å²) in [4.78, 5) is 9.57. The molecule has 1 atom stereocenters. The van der Waals surface area contributed by atoms with Gasteiger partial charge in [-0.3, -0.25) is 4.79 Å². The monoisotopic (exact) mass is 367 g/mol. The molecule has 5 rings (SSSR count). The Kier molecular flexibility index (Phi) is 4.68. The summed E-state index contributed by atoms with van der Waals surface area (Å²) < 4.78 is 0. The first-order valence-corrected chi connectivity index (χ1v) is 9.25. The molecule has 0 aliphatic rings. The Bertz CT molecular complexity index is 1320. The average Bonchev–Trinajstić information content (AvgIpc) is 2.71. The van der Waals surface area contributed by atoms with E-state index in [1.165, 1.54) is 50.0 Å². The molecular formula is C25H21NO2. The van der Waals surface area contributed by atoms with Crippen molar-refractivity contribution in [3.8, 4) is 0 Å². The molecule has 5 aromatic rings. The van der Waals surface area contributed by atoms with Gasteiger partial charge in [-0.05, 0) is 74.3 Å². The molecule has 0 aromatic heterocycles. The van der Waals surface area contributed by atoms with Crippen molar-refractivity contribution in [2.45, 2.75) is 13.0 Å². The van der Waals surface area contributed by atoms with Gasteiger partial charge in [0.25, 0.3) is 0 Å². The number of hydrogen-bond donors (Lipinski definition) is 2. The molecule has 138 valence electrons. The zero-order valence-electron chi connectivity index (χ0n) is 15.6. The van der Waals surface area contributed by atoms with Crippen molar-refractivity contribution in [1.82, 2.24) is 0 Å². The SMILES string of the molecule is C[C@@H](N)C(=O)O.c1ccc2cc3cc4c(ccc5ccccc54)cc3cc2c1. The number of carbonyl (C=O) groups is 1. The third-order valence-electron chi connectivity index (χ3n) is 4.96. The van der Waals surface area contributed by atoms with E-state index in [0.717, 1.165) is 0 Å². The standard InChI is InChI=1S/C22H14.C3H7NO2/c1-2-7-17-12-20-14-22-18(13-19(20)11-16(17)6-1)10-9-15-5-3-4-8-21(15)22;1-2(4)3(5)6/h1-14H;2H,4H2,1H3,(H,5,6)/t;2-/m.1/s1. The van der Waals surface area contributed by atoms with Gasteiger partial charge in [0, 0.05) is 0 Å². The summed E-state index contributed by atoms with van der Waals surface area (Å²) in [6, 6.07) is 30.1. The first kappa shape index (κ1) is 18.0. The molecule has 5 aromatic carbocycles. The topological polar surface area (TPSA) is 63.3 Å². The number of nitrogens with two attached hydrogens (primary N) is 1. The van der Waals surface area contributed by atoms with E-state index in [2.05, 4.69) is 84.9 Å². The fraction of sp³-hybridized carbons (Fsp3) is 0.0800. The van der Waals surface area contributed by atoms with E-state index < -0.39 is 12.0 Å². The van der Waals surface area contributed by atoms with Crippen LogP contribution in [0.4, 0.5) is 0 Å². The van der Waals surface area contributed by atoms with Crippen molar-refractivity contribution >= 4 is 49.1 Å². The highest BCUT2D eigenvalue weighted by molar-refractivity contribution is 6.13. The van der Waals surface area contributed by atoms with Crippen LogP contribution < -0.4 is 5.73 Å². The maximum absolute atomic E-state index is 9.57. The van der Waals surface area contributed by atoms with Gasteiger partial charge >= 0.3 is 5.97 Å². The zero-order valence-corrected chi connectivity index (χ0v) is 15.6. The lowest BCUT2D eigenvalue weighted by Gasteiger charge is -2.08. The highest BCUT2D eigenvalue weighted by Crippen LogP contribution is 2.31. The lowest BCUT2D eigenvalue weighted by Crippen LogP contribution is -2.25. The Labute approximate surface area is 163 Å². The smallest absolute Gasteiger partial charge is 0.320 e. The molecule has 28 heavy (non-hydrogen) atoms. The molecule has 0 bridgehead atoms. The van der Waals surface area contributed by atoms with Crippen LogP contribution in [0.5, 0.6) is 0 Å². The Balaban J connectivity index is 0.000000283. The van der Waals surface area contributed by atoms with Crippen LogP contribution in [0.25, 0.3) is 43.1 Å². The number of carboxylic acids is 1. The maximum atomic E-state index is 9.57. The van der Waals surface area contributed by atoms with Crippen LogP contribution in [-0.2, 0) is 4.79 Å². The Morgan fingerprint density at radius 1 is 0.679 bits per heavy atom. The molecular weight excluding hydrogens is 346 g/mol. The summed E-state index contributed by atoms with van der Waals surface area (Å²) >= 11 is 0. The lowest BCUT2D eigenvalue weighted by atomic mass is 9.96. The summed E-state index contributed by atoms with van der Waals surface area (Å²) in [5.41, 5.74) is 4.84. The summed E-state index contributed by atoms with van der Waals surface area (Å²) in [7, 11) is 0. The molecule has 0 fully saturated rings. The minimum absolute atomic E-state index is 0.731. The molecule has 0 saturated heterocycles. The van der Waals surface area contributed by atoms with Crippen LogP contribution in [0.2, 0.25) is 0 Å². The van der Waals surface area contributed by atoms with Crippen LogP contribution >= 0.6 is 0 Å². The highest BCUT2D eigenvalue weighted by Gasteiger charge is 2.04. The molecule has 0 unspecified atom stereocenters. The zero-order chi connectivity index (χ0) is 19.7. The van der Waals surface area contributed by atoms with Gasteiger partial charge in [-0.1, -0.05) is 60.7 Å². The van der Waals surface area contributed by atoms with E-state index in [-0.39, 0.29) is 0 Å². The summed E-state index contributed by atoms with van der Waals surface area (Å²) in [6.45, 7) is 1.42. The van der Waals surface area contributed by atoms with Crippen LogP contribution in [-0.4, -0.2) is 17.1 Å². The maximum Gasteiger partial charge on any atom is 0.320 e. The predicted molar refractivity (Wildman–Crippen MR) is 118 cm³/mol. The molecule has 0 saturated carbocycles. The highest BCUT2D eigenvalue weighted by atomic mass is 16.4. The van der Waals surface area contributed by atoms with Gasteiger partial charge in [0.15, 0.2) is 0 Å². The second-order valence-electron chi connectivity index (χ2n) is 7.03. The van der Waals surface area contributed by atoms with Gasteiger partial charge in [0.2, 0.25) is 0 Å². The third kappa shape index (κ3) is 3.40. The molecule has 0 amide bonds. The minimum Gasteiger partial charge on any atom is -0.480 e. The number of carboxylic acid groups (broad SMARTS) is 1. The van der Waals surface area contributed by atoms with E-state index in [0.29, 0.717) is 0 Å². The fourth-order valence-corrected chi connectivity index (χ4v) is 3.45. The van der Waals surface area contributed by atoms with Crippen molar-refractivity contribution < 1.29 is 9.90 Å². The number of rotatable bonds is 1. The molecule has 0 heterocycles. The van der Waals surface area contributed by atoms with E-state index in [1.807, 2.05) is 0 Å². The summed E-state index contributed by atoms with van der Waals surface area (Å²) in [5, 5.41) is 18.4. The van der Waals surface area contributed by atoms with Crippen molar-refractivity contribution in [2.75, 3.05) is 0 Å². The van der Waals surface area contributed by atoms with Gasteiger partial charge in [-0.2, -0.15) is 0 Å². The van der Waals surface area contributed by atoms with E-state index in [4.69, 9.17) is 10.8 Å². The van der Waals surface area contributed by atoms with Crippen LogP contribution in [0.3, 0.4) is 0 Å². The molecule has 3 nitrogen and oxygen atoms in total. The Hall–Kier alpha value is -3.43. The van der Waals surface area contributed by atoms with E-state index >= 15 is 0 Å². The molecule has 3 heteroatoms. The van der Waals surface area contributed by atoms with Crippen LogP contribution in [0.1, 0.15) is 6.92 Å². The normalized spacial score (nSPS) is 12.1. The first-order valence-electron chi connectivity index (χ1n) is 9.25. The number of fused-ring (bicyclic) bond motifs is 5. The molecule has 0 radical (unpaired) electrons. The van der Waals surface area contributed by atoms with Crippen LogP contribution in [0, 0.1) is 0 Å². The predicted octanol–water partition coefficient (Wildman–Crippen LogP) is 5.72. The van der Waals surface area contributed by atoms with Gasteiger partial charge in [-0.15, -0.1) is 0 Å². The Morgan fingerprint density at radius 3 is 1.75 bits per heavy atom. The molecule has 3 N–H and O–H groups in total. The van der Waals surface area contributed by atoms with Gasteiger partial charge < -0.3 is 10.8 Å². The van der Waals surface area contributed by atoms with E-state index in [9.17, 15) is 4.79 Å². The largest absolute Gasteiger partial charge is 0.480 e. The molecule has 0 aliphatic carbocycles. The number of hydrogen-bond acceptors (Lipinski definition) is 2. The summed E-state index contributed by atoms with van der Waals surface area (Å²) in [5.74, 6) is -0.963. The quantitative estimate of drug-likeness (QED) is 0.294. The third-order valence-corrected chi connectivity index (χ3v) is 4.96. The molecule has 0 spiro atoms. The summed E-state index contributed by atoms with van der Waals surface area (Å²) in [6.07, 6.45) is 0. The van der Waals surface area contributed by atoms with Crippen molar-refractivity contribution in [2.24, 2.45) is 5.73 Å². The van der Waals surface area contributed by atoms with Crippen molar-refractivity contribution in [1.29, 1.82) is 0 Å². The van der Waals surface area contributed by atoms with Gasteiger partial charge in [-0.25, -0.2) is 0 Å².